The summed E-state index contributed by atoms with van der Waals surface area (Å²) in [6.07, 6.45) is 3.24. The van der Waals surface area contributed by atoms with E-state index in [9.17, 15) is 9.59 Å². The molecule has 0 saturated carbocycles. The summed E-state index contributed by atoms with van der Waals surface area (Å²) < 4.78 is 0. The van der Waals surface area contributed by atoms with Crippen molar-refractivity contribution in [3.8, 4) is 0 Å². The Kier molecular flexibility index (Phi) is 6.76. The third-order valence-electron chi connectivity index (χ3n) is 6.53. The van der Waals surface area contributed by atoms with Gasteiger partial charge in [0.05, 0.1) is 22.8 Å². The van der Waals surface area contributed by atoms with Gasteiger partial charge in [-0.1, -0.05) is 38.1 Å². The lowest BCUT2D eigenvalue weighted by Gasteiger charge is -2.06. The Morgan fingerprint density at radius 2 is 1.08 bits per heavy atom. The largest absolute Gasteiger partial charge is 0.352 e. The predicted molar refractivity (Wildman–Crippen MR) is 144 cm³/mol. The highest BCUT2D eigenvalue weighted by molar-refractivity contribution is 6.10. The molecular formula is C30H30N4O2. The first-order chi connectivity index (χ1) is 17.6. The van der Waals surface area contributed by atoms with Crippen molar-refractivity contribution in [3.05, 3.63) is 94.0 Å². The van der Waals surface area contributed by atoms with E-state index in [1.54, 1.807) is 0 Å². The number of aliphatic imine (C=N–C) groups is 2. The molecule has 2 amide bonds. The van der Waals surface area contributed by atoms with E-state index < -0.39 is 0 Å². The quantitative estimate of drug-likeness (QED) is 0.459. The monoisotopic (exact) mass is 478 g/mol. The van der Waals surface area contributed by atoms with Gasteiger partial charge in [0.15, 0.2) is 0 Å². The molecule has 0 spiro atoms. The average Bonchev–Trinajstić information content (AvgIpc) is 3.53. The Morgan fingerprint density at radius 1 is 0.667 bits per heavy atom. The molecule has 0 aromatic heterocycles. The highest BCUT2D eigenvalue weighted by Gasteiger charge is 2.20. The highest BCUT2D eigenvalue weighted by atomic mass is 16.2. The van der Waals surface area contributed by atoms with Crippen molar-refractivity contribution in [3.63, 3.8) is 0 Å². The SMILES string of the molecule is CCCNC(=O)c1ccc2c(c1)CC(c1ccc(C3=Nc4ccc(C(=O)NCCC)cc4C3)cc1)=N2. The number of carbonyl (C=O) groups excluding carboxylic acids is 2. The summed E-state index contributed by atoms with van der Waals surface area (Å²) in [5.41, 5.74) is 9.50. The summed E-state index contributed by atoms with van der Waals surface area (Å²) in [6.45, 7) is 5.43. The van der Waals surface area contributed by atoms with Gasteiger partial charge in [-0.2, -0.15) is 0 Å². The first kappa shape index (κ1) is 23.7. The zero-order valence-corrected chi connectivity index (χ0v) is 20.7. The number of fused-ring (bicyclic) bond motifs is 2. The molecular weight excluding hydrogens is 448 g/mol. The van der Waals surface area contributed by atoms with Crippen LogP contribution in [0.15, 0.2) is 70.6 Å². The molecule has 0 saturated heterocycles. The number of carbonyl (C=O) groups is 2. The number of hydrogen-bond donors (Lipinski definition) is 2. The van der Waals surface area contributed by atoms with Crippen LogP contribution in [-0.4, -0.2) is 36.3 Å². The lowest BCUT2D eigenvalue weighted by Crippen LogP contribution is -2.23. The molecule has 6 heteroatoms. The maximum Gasteiger partial charge on any atom is 0.251 e. The van der Waals surface area contributed by atoms with Gasteiger partial charge in [0.2, 0.25) is 0 Å². The third-order valence-corrected chi connectivity index (χ3v) is 6.53. The zero-order chi connectivity index (χ0) is 25.1. The van der Waals surface area contributed by atoms with Crippen LogP contribution in [0.1, 0.15) is 69.7 Å². The van der Waals surface area contributed by atoms with E-state index in [1.807, 2.05) is 50.2 Å². The lowest BCUT2D eigenvalue weighted by molar-refractivity contribution is 0.0945. The van der Waals surface area contributed by atoms with E-state index in [0.717, 1.165) is 57.9 Å². The molecule has 6 nitrogen and oxygen atoms in total. The normalized spacial score (nSPS) is 13.5. The van der Waals surface area contributed by atoms with Gasteiger partial charge in [-0.3, -0.25) is 19.6 Å². The van der Waals surface area contributed by atoms with Crippen molar-refractivity contribution in [2.75, 3.05) is 13.1 Å². The number of amides is 2. The Hall–Kier alpha value is -4.06. The molecule has 0 atom stereocenters. The van der Waals surface area contributed by atoms with E-state index in [0.29, 0.717) is 37.1 Å². The summed E-state index contributed by atoms with van der Waals surface area (Å²) in [5.74, 6) is -0.0750. The summed E-state index contributed by atoms with van der Waals surface area (Å²) in [6, 6.07) is 19.8. The van der Waals surface area contributed by atoms with Crippen molar-refractivity contribution in [1.82, 2.24) is 10.6 Å². The summed E-state index contributed by atoms with van der Waals surface area (Å²) >= 11 is 0. The van der Waals surface area contributed by atoms with Crippen molar-refractivity contribution in [2.24, 2.45) is 9.98 Å². The van der Waals surface area contributed by atoms with Crippen molar-refractivity contribution >= 4 is 34.6 Å². The fourth-order valence-electron chi connectivity index (χ4n) is 4.55. The van der Waals surface area contributed by atoms with Crippen LogP contribution < -0.4 is 10.6 Å². The average molecular weight is 479 g/mol. The molecule has 0 bridgehead atoms. The van der Waals surface area contributed by atoms with Crippen LogP contribution in [-0.2, 0) is 12.8 Å². The summed E-state index contributed by atoms with van der Waals surface area (Å²) in [7, 11) is 0. The summed E-state index contributed by atoms with van der Waals surface area (Å²) in [5, 5.41) is 5.86. The highest BCUT2D eigenvalue weighted by Crippen LogP contribution is 2.32. The third kappa shape index (κ3) is 4.85. The van der Waals surface area contributed by atoms with Gasteiger partial charge in [0.1, 0.15) is 0 Å². The van der Waals surface area contributed by atoms with Crippen molar-refractivity contribution in [1.29, 1.82) is 0 Å². The fraction of sp³-hybridized carbons (Fsp3) is 0.267. The number of nitrogens with one attached hydrogen (secondary N) is 2. The predicted octanol–water partition coefficient (Wildman–Crippen LogP) is 5.32. The van der Waals surface area contributed by atoms with Crippen molar-refractivity contribution in [2.45, 2.75) is 39.5 Å². The number of benzene rings is 3. The Morgan fingerprint density at radius 3 is 1.47 bits per heavy atom. The molecule has 36 heavy (non-hydrogen) atoms. The van der Waals surface area contributed by atoms with Crippen molar-refractivity contribution < 1.29 is 9.59 Å². The van der Waals surface area contributed by atoms with Crippen LogP contribution in [0.25, 0.3) is 0 Å². The molecule has 0 fully saturated rings. The van der Waals surface area contributed by atoms with Gasteiger partial charge in [0.25, 0.3) is 11.8 Å². The van der Waals surface area contributed by atoms with E-state index in [1.165, 1.54) is 0 Å². The van der Waals surface area contributed by atoms with Gasteiger partial charge in [-0.25, -0.2) is 0 Å². The number of hydrogen-bond acceptors (Lipinski definition) is 4. The second-order valence-electron chi connectivity index (χ2n) is 9.25. The van der Waals surface area contributed by atoms with Crippen LogP contribution in [0.5, 0.6) is 0 Å². The minimum atomic E-state index is -0.0375. The van der Waals surface area contributed by atoms with Crippen LogP contribution in [0.2, 0.25) is 0 Å². The van der Waals surface area contributed by atoms with Gasteiger partial charge in [-0.05, 0) is 71.5 Å². The summed E-state index contributed by atoms with van der Waals surface area (Å²) in [4.78, 5) is 34.2. The van der Waals surface area contributed by atoms with Crippen LogP contribution in [0.3, 0.4) is 0 Å². The van der Waals surface area contributed by atoms with Gasteiger partial charge in [-0.15, -0.1) is 0 Å². The lowest BCUT2D eigenvalue weighted by atomic mass is 9.98. The first-order valence-electron chi connectivity index (χ1n) is 12.6. The molecule has 0 radical (unpaired) electrons. The smallest absolute Gasteiger partial charge is 0.251 e. The first-order valence-corrected chi connectivity index (χ1v) is 12.6. The van der Waals surface area contributed by atoms with E-state index in [2.05, 4.69) is 34.9 Å². The number of nitrogens with zero attached hydrogens (tertiary/aromatic N) is 2. The van der Waals surface area contributed by atoms with Crippen LogP contribution in [0.4, 0.5) is 11.4 Å². The van der Waals surface area contributed by atoms with E-state index in [-0.39, 0.29) is 11.8 Å². The van der Waals surface area contributed by atoms with E-state index >= 15 is 0 Å². The minimum Gasteiger partial charge on any atom is -0.352 e. The van der Waals surface area contributed by atoms with Gasteiger partial charge < -0.3 is 10.6 Å². The Balaban J connectivity index is 1.26. The Labute approximate surface area is 211 Å². The number of rotatable bonds is 8. The standard InChI is InChI=1S/C30H30N4O2/c1-3-13-31-29(35)21-9-11-25-23(15-21)17-27(33-25)19-5-7-20(8-6-19)28-18-24-16-22(10-12-26(24)34-28)30(36)32-14-4-2/h5-12,15-16H,3-4,13-14,17-18H2,1-2H3,(H,31,35)(H,32,36). The molecule has 0 aliphatic carbocycles. The van der Waals surface area contributed by atoms with E-state index in [4.69, 9.17) is 9.98 Å². The molecule has 2 aliphatic heterocycles. The molecule has 0 unspecified atom stereocenters. The van der Waals surface area contributed by atoms with Gasteiger partial charge in [0, 0.05) is 37.1 Å². The van der Waals surface area contributed by atoms with Crippen LogP contribution >= 0.6 is 0 Å². The minimum absolute atomic E-state index is 0.0375. The fourth-order valence-corrected chi connectivity index (χ4v) is 4.55. The molecule has 2 heterocycles. The second kappa shape index (κ2) is 10.3. The zero-order valence-electron chi connectivity index (χ0n) is 20.7. The second-order valence-corrected chi connectivity index (χ2v) is 9.25. The maximum absolute atomic E-state index is 12.3. The molecule has 3 aromatic carbocycles. The Bertz CT molecular complexity index is 1280. The topological polar surface area (TPSA) is 82.9 Å². The van der Waals surface area contributed by atoms with Gasteiger partial charge >= 0.3 is 0 Å². The molecule has 5 rings (SSSR count). The molecule has 3 aromatic rings. The molecule has 2 N–H and O–H groups in total. The van der Waals surface area contributed by atoms with Crippen LogP contribution in [0, 0.1) is 0 Å². The molecule has 2 aliphatic rings. The maximum atomic E-state index is 12.3. The molecule has 182 valence electrons.